The van der Waals surface area contributed by atoms with Gasteiger partial charge in [-0.15, -0.1) is 0 Å². The molecule has 1 aliphatic rings. The van der Waals surface area contributed by atoms with E-state index < -0.39 is 0 Å². The molecule has 2 atom stereocenters. The lowest BCUT2D eigenvalue weighted by atomic mass is 10.1. The molecule has 1 heterocycles. The van der Waals surface area contributed by atoms with Gasteiger partial charge in [-0.3, -0.25) is 10.6 Å². The van der Waals surface area contributed by atoms with Gasteiger partial charge >= 0.3 is 0 Å². The first-order valence-corrected chi connectivity index (χ1v) is 7.06. The fraction of sp³-hybridized carbons (Fsp3) is 0.538. The van der Waals surface area contributed by atoms with Crippen molar-refractivity contribution in [3.63, 3.8) is 0 Å². The van der Waals surface area contributed by atoms with Gasteiger partial charge in [0.05, 0.1) is 0 Å². The summed E-state index contributed by atoms with van der Waals surface area (Å²) >= 11 is 2.04. The van der Waals surface area contributed by atoms with Crippen molar-refractivity contribution in [3.8, 4) is 0 Å². The maximum atomic E-state index is 2.46. The van der Waals surface area contributed by atoms with Gasteiger partial charge in [-0.05, 0) is 49.2 Å². The van der Waals surface area contributed by atoms with Gasteiger partial charge in [-0.2, -0.15) is 0 Å². The molecule has 3 heteroatoms. The average Bonchev–Trinajstić information content (AvgIpc) is 2.66. The molecule has 1 aromatic carbocycles. The molecule has 0 radical (unpaired) electrons. The zero-order valence-corrected chi connectivity index (χ0v) is 11.2. The molecule has 0 unspecified atom stereocenters. The first-order valence-electron chi connectivity index (χ1n) is 6.01. The number of hydrogen-bond acceptors (Lipinski definition) is 1. The van der Waals surface area contributed by atoms with Crippen LogP contribution in [0.2, 0.25) is 0 Å². The molecule has 16 heavy (non-hydrogen) atoms. The summed E-state index contributed by atoms with van der Waals surface area (Å²) < 4.78 is 0. The predicted octanol–water partition coefficient (Wildman–Crippen LogP) is 0.349. The zero-order chi connectivity index (χ0) is 11.5. The van der Waals surface area contributed by atoms with Crippen molar-refractivity contribution in [1.82, 2.24) is 0 Å². The Bertz CT molecular complexity index is 365. The molecule has 1 fully saturated rings. The van der Waals surface area contributed by atoms with Crippen LogP contribution in [0.1, 0.15) is 23.6 Å². The summed E-state index contributed by atoms with van der Waals surface area (Å²) in [4.78, 5) is 0. The minimum atomic E-state index is 0.664. The highest BCUT2D eigenvalue weighted by molar-refractivity contribution is 7.98. The Morgan fingerprint density at radius 3 is 2.75 bits per heavy atom. The third kappa shape index (κ3) is 3.00. The second-order valence-corrected chi connectivity index (χ2v) is 6.00. The van der Waals surface area contributed by atoms with E-state index in [0.717, 1.165) is 11.8 Å². The van der Waals surface area contributed by atoms with Crippen LogP contribution in [0.5, 0.6) is 0 Å². The van der Waals surface area contributed by atoms with Crippen molar-refractivity contribution in [1.29, 1.82) is 0 Å². The first kappa shape index (κ1) is 12.0. The van der Waals surface area contributed by atoms with Crippen LogP contribution in [0.25, 0.3) is 0 Å². The van der Waals surface area contributed by atoms with Gasteiger partial charge in [0, 0.05) is 5.75 Å². The molecule has 0 bridgehead atoms. The Kier molecular flexibility index (Phi) is 3.90. The Hall–Kier alpha value is -0.510. The number of thioether (sulfide) groups is 1. The number of hydrogen-bond donors (Lipinski definition) is 2. The maximum absolute atomic E-state index is 2.46. The Balaban J connectivity index is 1.87. The third-order valence-electron chi connectivity index (χ3n) is 3.27. The molecule has 0 saturated carbocycles. The fourth-order valence-corrected chi connectivity index (χ4v) is 3.23. The van der Waals surface area contributed by atoms with Crippen molar-refractivity contribution in [3.05, 3.63) is 34.9 Å². The van der Waals surface area contributed by atoms with Gasteiger partial charge in [0.25, 0.3) is 5.50 Å². The fourth-order valence-electron chi connectivity index (χ4n) is 2.04. The lowest BCUT2D eigenvalue weighted by Gasteiger charge is -2.07. The molecule has 0 aromatic heterocycles. The van der Waals surface area contributed by atoms with E-state index in [1.165, 1.54) is 23.2 Å². The lowest BCUT2D eigenvalue weighted by molar-refractivity contribution is -0.812. The van der Waals surface area contributed by atoms with E-state index in [1.807, 2.05) is 11.8 Å². The predicted molar refractivity (Wildman–Crippen MR) is 69.2 cm³/mol. The highest BCUT2D eigenvalue weighted by atomic mass is 32.2. The molecule has 1 saturated heterocycles. The number of rotatable bonds is 3. The van der Waals surface area contributed by atoms with Crippen LogP contribution >= 0.6 is 11.8 Å². The van der Waals surface area contributed by atoms with Crippen LogP contribution in [0, 0.1) is 13.8 Å². The highest BCUT2D eigenvalue weighted by Crippen LogP contribution is 2.16. The van der Waals surface area contributed by atoms with Crippen molar-refractivity contribution >= 4 is 11.8 Å². The molecule has 4 N–H and O–H groups in total. The molecule has 1 aliphatic heterocycles. The normalized spacial score (nSPS) is 24.9. The minimum Gasteiger partial charge on any atom is -0.283 e. The average molecular weight is 238 g/mol. The summed E-state index contributed by atoms with van der Waals surface area (Å²) in [5.41, 5.74) is 4.92. The second kappa shape index (κ2) is 5.21. The molecule has 1 aromatic rings. The summed E-state index contributed by atoms with van der Waals surface area (Å²) in [6, 6.07) is 7.59. The standard InChI is InChI=1S/C13H20N2S/c1-9-4-5-12(6-10(9)2)8-16-13-14-7-11(3)15-13/h4-6,11,13-15H,7-8H2,1-3H3/p+2/t11-,13-/m1/s1. The molecule has 2 rings (SSSR count). The number of nitrogens with two attached hydrogens (primary N) is 2. The molecular weight excluding hydrogens is 216 g/mol. The van der Waals surface area contributed by atoms with E-state index in [0.29, 0.717) is 5.50 Å². The number of quaternary nitrogens is 2. The van der Waals surface area contributed by atoms with Gasteiger partial charge in [0.1, 0.15) is 12.6 Å². The van der Waals surface area contributed by atoms with Crippen LogP contribution in [0.15, 0.2) is 18.2 Å². The van der Waals surface area contributed by atoms with E-state index in [-0.39, 0.29) is 0 Å². The SMILES string of the molecule is Cc1ccc(CS[C@@H]2[NH2+]C[C@@H](C)[NH2+]2)cc1C. The van der Waals surface area contributed by atoms with Gasteiger partial charge in [0.15, 0.2) is 0 Å². The van der Waals surface area contributed by atoms with Crippen LogP contribution < -0.4 is 10.6 Å². The van der Waals surface area contributed by atoms with E-state index in [2.05, 4.69) is 49.6 Å². The molecule has 0 spiro atoms. The van der Waals surface area contributed by atoms with Crippen LogP contribution in [0.4, 0.5) is 0 Å². The Morgan fingerprint density at radius 2 is 2.12 bits per heavy atom. The quantitative estimate of drug-likeness (QED) is 0.783. The molecule has 2 nitrogen and oxygen atoms in total. The summed E-state index contributed by atoms with van der Waals surface area (Å²) in [6.07, 6.45) is 0. The van der Waals surface area contributed by atoms with Gasteiger partial charge in [-0.25, -0.2) is 0 Å². The summed E-state index contributed by atoms with van der Waals surface area (Å²) in [5.74, 6) is 1.13. The molecule has 0 aliphatic carbocycles. The van der Waals surface area contributed by atoms with E-state index in [4.69, 9.17) is 0 Å². The minimum absolute atomic E-state index is 0.664. The number of aryl methyl sites for hydroxylation is 2. The summed E-state index contributed by atoms with van der Waals surface area (Å²) in [7, 11) is 0. The number of benzene rings is 1. The van der Waals surface area contributed by atoms with Gasteiger partial charge < -0.3 is 0 Å². The summed E-state index contributed by atoms with van der Waals surface area (Å²) in [6.45, 7) is 7.92. The largest absolute Gasteiger partial charge is 0.283 e. The first-order chi connectivity index (χ1) is 7.65. The van der Waals surface area contributed by atoms with Crippen LogP contribution in [-0.4, -0.2) is 18.1 Å². The highest BCUT2D eigenvalue weighted by Gasteiger charge is 2.27. The van der Waals surface area contributed by atoms with Crippen molar-refractivity contribution < 1.29 is 10.6 Å². The summed E-state index contributed by atoms with van der Waals surface area (Å²) in [5, 5.41) is 4.90. The molecule has 0 amide bonds. The van der Waals surface area contributed by atoms with Gasteiger partial charge in [-0.1, -0.05) is 18.2 Å². The maximum Gasteiger partial charge on any atom is 0.259 e. The van der Waals surface area contributed by atoms with E-state index >= 15 is 0 Å². The van der Waals surface area contributed by atoms with Crippen LogP contribution in [0.3, 0.4) is 0 Å². The third-order valence-corrected chi connectivity index (χ3v) is 4.51. The smallest absolute Gasteiger partial charge is 0.259 e. The van der Waals surface area contributed by atoms with Crippen molar-refractivity contribution in [2.24, 2.45) is 0 Å². The van der Waals surface area contributed by atoms with Crippen molar-refractivity contribution in [2.45, 2.75) is 38.1 Å². The van der Waals surface area contributed by atoms with Crippen molar-refractivity contribution in [2.75, 3.05) is 6.54 Å². The zero-order valence-electron chi connectivity index (χ0n) is 10.4. The van der Waals surface area contributed by atoms with E-state index in [1.54, 1.807) is 0 Å². The topological polar surface area (TPSA) is 33.2 Å². The lowest BCUT2D eigenvalue weighted by Crippen LogP contribution is -3.02. The van der Waals surface area contributed by atoms with Gasteiger partial charge in [0.2, 0.25) is 0 Å². The van der Waals surface area contributed by atoms with Crippen LogP contribution in [-0.2, 0) is 5.75 Å². The second-order valence-electron chi connectivity index (χ2n) is 4.84. The van der Waals surface area contributed by atoms with E-state index in [9.17, 15) is 0 Å². The Morgan fingerprint density at radius 1 is 1.31 bits per heavy atom. The Labute approximate surface area is 102 Å². The molecular formula is C13H22N2S+2. The monoisotopic (exact) mass is 238 g/mol. The molecule has 88 valence electrons.